The van der Waals surface area contributed by atoms with Crippen LogP contribution in [0.1, 0.15) is 48.8 Å². The van der Waals surface area contributed by atoms with Gasteiger partial charge in [0.1, 0.15) is 0 Å². The van der Waals surface area contributed by atoms with E-state index < -0.39 is 5.60 Å². The fourth-order valence-corrected chi connectivity index (χ4v) is 2.09. The lowest BCUT2D eigenvalue weighted by molar-refractivity contribution is -0.0300. The summed E-state index contributed by atoms with van der Waals surface area (Å²) in [5, 5.41) is 19.3. The number of aromatic amines is 1. The number of aryl methyl sites for hydroxylation is 1. The van der Waals surface area contributed by atoms with E-state index in [0.717, 1.165) is 37.8 Å². The van der Waals surface area contributed by atoms with Crippen LogP contribution in [0.15, 0.2) is 0 Å². The number of anilines is 1. The van der Waals surface area contributed by atoms with Crippen LogP contribution in [0.2, 0.25) is 0 Å². The van der Waals surface area contributed by atoms with Gasteiger partial charge in [0.2, 0.25) is 0 Å². The van der Waals surface area contributed by atoms with Crippen molar-refractivity contribution < 1.29 is 9.90 Å². The van der Waals surface area contributed by atoms with E-state index in [1.807, 2.05) is 6.92 Å². The van der Waals surface area contributed by atoms with Gasteiger partial charge in [0.05, 0.1) is 17.0 Å². The van der Waals surface area contributed by atoms with E-state index in [9.17, 15) is 9.90 Å². The Morgan fingerprint density at radius 2 is 2.33 bits per heavy atom. The zero-order chi connectivity index (χ0) is 13.2. The Bertz CT molecular complexity index is 437. The van der Waals surface area contributed by atoms with Crippen molar-refractivity contribution in [3.05, 3.63) is 11.4 Å². The number of nitrogens with zero attached hydrogens (tertiary/aromatic N) is 1. The molecule has 0 radical (unpaired) electrons. The van der Waals surface area contributed by atoms with Crippen LogP contribution in [0.25, 0.3) is 0 Å². The van der Waals surface area contributed by atoms with Crippen molar-refractivity contribution in [1.82, 2.24) is 15.5 Å². The summed E-state index contributed by atoms with van der Waals surface area (Å²) in [5.74, 6) is -0.327. The molecule has 1 heterocycles. The van der Waals surface area contributed by atoms with Gasteiger partial charge in [-0.05, 0) is 25.7 Å². The van der Waals surface area contributed by atoms with E-state index >= 15 is 0 Å². The van der Waals surface area contributed by atoms with E-state index in [2.05, 4.69) is 15.5 Å². The number of H-pyrrole nitrogens is 1. The molecule has 1 aliphatic rings. The van der Waals surface area contributed by atoms with Crippen molar-refractivity contribution in [2.45, 2.75) is 44.6 Å². The maximum absolute atomic E-state index is 11.9. The van der Waals surface area contributed by atoms with Gasteiger partial charge in [-0.15, -0.1) is 0 Å². The molecule has 1 fully saturated rings. The Morgan fingerprint density at radius 3 is 2.89 bits per heavy atom. The average molecular weight is 252 g/mol. The molecule has 0 aliphatic heterocycles. The van der Waals surface area contributed by atoms with Gasteiger partial charge >= 0.3 is 0 Å². The number of hydrogen-bond acceptors (Lipinski definition) is 4. The summed E-state index contributed by atoms with van der Waals surface area (Å²) < 4.78 is 0. The van der Waals surface area contributed by atoms with Gasteiger partial charge in [-0.3, -0.25) is 9.89 Å². The van der Waals surface area contributed by atoms with Gasteiger partial charge in [0.25, 0.3) is 5.91 Å². The van der Waals surface area contributed by atoms with Crippen LogP contribution >= 0.6 is 0 Å². The molecular weight excluding hydrogens is 232 g/mol. The van der Waals surface area contributed by atoms with E-state index in [-0.39, 0.29) is 18.1 Å². The Kier molecular flexibility index (Phi) is 3.56. The number of aromatic nitrogens is 2. The molecule has 18 heavy (non-hydrogen) atoms. The predicted octanol–water partition coefficient (Wildman–Crippen LogP) is 0.589. The van der Waals surface area contributed by atoms with Crippen molar-refractivity contribution in [2.75, 3.05) is 12.3 Å². The Balaban J connectivity index is 1.96. The molecule has 6 nitrogen and oxygen atoms in total. The number of rotatable bonds is 5. The lowest BCUT2D eigenvalue weighted by Crippen LogP contribution is -2.47. The van der Waals surface area contributed by atoms with Gasteiger partial charge in [-0.2, -0.15) is 5.10 Å². The monoisotopic (exact) mass is 252 g/mol. The number of hydrogen-bond donors (Lipinski definition) is 4. The lowest BCUT2D eigenvalue weighted by atomic mass is 9.80. The fourth-order valence-electron chi connectivity index (χ4n) is 2.09. The zero-order valence-corrected chi connectivity index (χ0v) is 10.6. The molecule has 100 valence electrons. The van der Waals surface area contributed by atoms with Crippen LogP contribution in [0.4, 0.5) is 5.69 Å². The second kappa shape index (κ2) is 4.97. The summed E-state index contributed by atoms with van der Waals surface area (Å²) >= 11 is 0. The highest BCUT2D eigenvalue weighted by molar-refractivity contribution is 5.97. The largest absolute Gasteiger partial charge is 0.395 e. The van der Waals surface area contributed by atoms with Gasteiger partial charge in [0, 0.05) is 6.54 Å². The Morgan fingerprint density at radius 1 is 1.61 bits per heavy atom. The molecule has 1 aliphatic carbocycles. The first kappa shape index (κ1) is 12.9. The Labute approximate surface area is 106 Å². The number of nitrogens with one attached hydrogen (secondary N) is 2. The number of nitrogens with two attached hydrogens (primary N) is 1. The molecule has 1 saturated carbocycles. The molecule has 1 aromatic heterocycles. The van der Waals surface area contributed by atoms with E-state index in [1.165, 1.54) is 0 Å². The smallest absolute Gasteiger partial charge is 0.274 e. The van der Waals surface area contributed by atoms with Crippen molar-refractivity contribution in [1.29, 1.82) is 0 Å². The third kappa shape index (κ3) is 2.48. The summed E-state index contributed by atoms with van der Waals surface area (Å²) in [6, 6.07) is 0. The highest BCUT2D eigenvalue weighted by atomic mass is 16.3. The maximum atomic E-state index is 11.9. The highest BCUT2D eigenvalue weighted by Gasteiger charge is 2.34. The molecule has 0 unspecified atom stereocenters. The first-order valence-corrected chi connectivity index (χ1v) is 6.39. The molecule has 0 saturated heterocycles. The third-order valence-electron chi connectivity index (χ3n) is 3.46. The van der Waals surface area contributed by atoms with E-state index in [0.29, 0.717) is 5.69 Å². The minimum absolute atomic E-state index is 0.223. The van der Waals surface area contributed by atoms with E-state index in [1.54, 1.807) is 0 Å². The van der Waals surface area contributed by atoms with Crippen LogP contribution in [-0.2, 0) is 6.42 Å². The minimum Gasteiger partial charge on any atom is -0.395 e. The van der Waals surface area contributed by atoms with Crippen molar-refractivity contribution in [2.24, 2.45) is 0 Å². The second-order valence-corrected chi connectivity index (χ2v) is 4.98. The molecule has 0 bridgehead atoms. The predicted molar refractivity (Wildman–Crippen MR) is 68.1 cm³/mol. The average Bonchev–Trinajstić information content (AvgIpc) is 2.66. The van der Waals surface area contributed by atoms with Crippen LogP contribution in [-0.4, -0.2) is 33.4 Å². The maximum Gasteiger partial charge on any atom is 0.274 e. The number of carbonyl (C=O) groups excluding carboxylic acids is 1. The van der Waals surface area contributed by atoms with Crippen molar-refractivity contribution >= 4 is 11.6 Å². The summed E-state index contributed by atoms with van der Waals surface area (Å²) in [4.78, 5) is 11.9. The zero-order valence-electron chi connectivity index (χ0n) is 10.6. The van der Waals surface area contributed by atoms with Gasteiger partial charge in [-0.1, -0.05) is 13.3 Å². The number of nitrogen functional groups attached to an aromatic ring is 1. The lowest BCUT2D eigenvalue weighted by Gasteiger charge is -2.36. The summed E-state index contributed by atoms with van der Waals surface area (Å²) in [7, 11) is 0. The molecule has 6 heteroatoms. The van der Waals surface area contributed by atoms with Gasteiger partial charge < -0.3 is 16.2 Å². The molecular formula is C12H20N4O2. The number of amides is 1. The number of aliphatic hydroxyl groups is 1. The first-order valence-electron chi connectivity index (χ1n) is 6.39. The fraction of sp³-hybridized carbons (Fsp3) is 0.667. The van der Waals surface area contributed by atoms with Gasteiger partial charge in [-0.25, -0.2) is 0 Å². The third-order valence-corrected chi connectivity index (χ3v) is 3.46. The minimum atomic E-state index is -0.729. The second-order valence-electron chi connectivity index (χ2n) is 4.98. The molecule has 0 atom stereocenters. The van der Waals surface area contributed by atoms with Crippen LogP contribution in [0.3, 0.4) is 0 Å². The van der Waals surface area contributed by atoms with Crippen molar-refractivity contribution in [3.8, 4) is 0 Å². The Hall–Kier alpha value is -1.56. The molecule has 2 rings (SSSR count). The van der Waals surface area contributed by atoms with Crippen LogP contribution in [0, 0.1) is 0 Å². The molecule has 5 N–H and O–H groups in total. The highest BCUT2D eigenvalue weighted by Crippen LogP contribution is 2.30. The quantitative estimate of drug-likeness (QED) is 0.615. The van der Waals surface area contributed by atoms with Crippen LogP contribution in [0.5, 0.6) is 0 Å². The summed E-state index contributed by atoms with van der Waals surface area (Å²) in [6.07, 6.45) is 4.20. The van der Waals surface area contributed by atoms with Gasteiger partial charge in [0.15, 0.2) is 5.69 Å². The van der Waals surface area contributed by atoms with E-state index in [4.69, 9.17) is 5.73 Å². The van der Waals surface area contributed by atoms with Crippen LogP contribution < -0.4 is 11.1 Å². The molecule has 1 amide bonds. The first-order chi connectivity index (χ1) is 8.56. The number of carbonyl (C=O) groups is 1. The molecule has 0 spiro atoms. The molecule has 0 aromatic carbocycles. The topological polar surface area (TPSA) is 104 Å². The normalized spacial score (nSPS) is 17.2. The summed E-state index contributed by atoms with van der Waals surface area (Å²) in [6.45, 7) is 2.30. The molecule has 1 aromatic rings. The van der Waals surface area contributed by atoms with Crippen molar-refractivity contribution in [3.63, 3.8) is 0 Å². The standard InChI is InChI=1S/C12H20N4O2/c1-2-4-8-9(13)10(16-15-8)11(17)14-7-12(18)5-3-6-12/h18H,2-7,13H2,1H3,(H,14,17)(H,15,16). The SMILES string of the molecule is CCCc1[nH]nc(C(=O)NCC2(O)CCC2)c1N. The summed E-state index contributed by atoms with van der Waals surface area (Å²) in [5.41, 5.74) is 6.56.